The van der Waals surface area contributed by atoms with E-state index in [0.29, 0.717) is 23.4 Å². The molecule has 138 valence electrons. The van der Waals surface area contributed by atoms with Crippen molar-refractivity contribution in [1.29, 1.82) is 0 Å². The Labute approximate surface area is 161 Å². The van der Waals surface area contributed by atoms with Crippen molar-refractivity contribution in [2.75, 3.05) is 17.3 Å². The molecule has 0 radical (unpaired) electrons. The first-order valence-electron chi connectivity index (χ1n) is 8.29. The van der Waals surface area contributed by atoms with Crippen molar-refractivity contribution in [3.8, 4) is 0 Å². The molecule has 0 atom stereocenters. The molecule has 3 rings (SSSR count). The third-order valence-corrected chi connectivity index (χ3v) is 4.54. The monoisotopic (exact) mass is 384 g/mol. The SMILES string of the molecule is CCc1ccccc1N1C(=O)C(Cl)=C(Nc2cccc(C(=O)OC)c2)C1=O. The minimum atomic E-state index is -0.589. The number of nitrogens with one attached hydrogen (secondary N) is 1. The van der Waals surface area contributed by atoms with Crippen LogP contribution in [-0.4, -0.2) is 24.9 Å². The minimum absolute atomic E-state index is 0.0328. The van der Waals surface area contributed by atoms with Gasteiger partial charge >= 0.3 is 5.97 Å². The summed E-state index contributed by atoms with van der Waals surface area (Å²) in [6, 6.07) is 13.6. The van der Waals surface area contributed by atoms with Crippen molar-refractivity contribution in [2.24, 2.45) is 0 Å². The Morgan fingerprint density at radius 3 is 2.56 bits per heavy atom. The Hall–Kier alpha value is -3.12. The molecule has 0 aromatic heterocycles. The highest BCUT2D eigenvalue weighted by Gasteiger charge is 2.39. The van der Waals surface area contributed by atoms with Crippen LogP contribution < -0.4 is 10.2 Å². The zero-order valence-corrected chi connectivity index (χ0v) is 15.5. The number of hydrogen-bond acceptors (Lipinski definition) is 5. The number of para-hydroxylation sites is 1. The molecule has 1 N–H and O–H groups in total. The highest BCUT2D eigenvalue weighted by atomic mass is 35.5. The lowest BCUT2D eigenvalue weighted by molar-refractivity contribution is -0.120. The third-order valence-electron chi connectivity index (χ3n) is 4.19. The van der Waals surface area contributed by atoms with E-state index in [2.05, 4.69) is 10.1 Å². The summed E-state index contributed by atoms with van der Waals surface area (Å²) in [6.45, 7) is 1.94. The summed E-state index contributed by atoms with van der Waals surface area (Å²) in [5, 5.41) is 2.66. The van der Waals surface area contributed by atoms with Gasteiger partial charge in [0.15, 0.2) is 0 Å². The third kappa shape index (κ3) is 3.44. The number of esters is 1. The molecular weight excluding hydrogens is 368 g/mol. The number of hydrogen-bond donors (Lipinski definition) is 1. The first-order chi connectivity index (χ1) is 13.0. The molecule has 1 aliphatic rings. The molecule has 0 unspecified atom stereocenters. The summed E-state index contributed by atoms with van der Waals surface area (Å²) in [5.74, 6) is -1.64. The van der Waals surface area contributed by atoms with Crippen molar-refractivity contribution >= 4 is 40.8 Å². The molecule has 27 heavy (non-hydrogen) atoms. The second-order valence-corrected chi connectivity index (χ2v) is 6.19. The van der Waals surface area contributed by atoms with Gasteiger partial charge in [0.25, 0.3) is 11.8 Å². The predicted octanol–water partition coefficient (Wildman–Crippen LogP) is 3.47. The van der Waals surface area contributed by atoms with Gasteiger partial charge in [0.2, 0.25) is 0 Å². The highest BCUT2D eigenvalue weighted by Crippen LogP contribution is 2.32. The number of carbonyl (C=O) groups is 3. The molecule has 0 spiro atoms. The van der Waals surface area contributed by atoms with E-state index in [1.807, 2.05) is 19.1 Å². The second-order valence-electron chi connectivity index (χ2n) is 5.81. The summed E-state index contributed by atoms with van der Waals surface area (Å²) in [4.78, 5) is 38.2. The maximum absolute atomic E-state index is 12.9. The lowest BCUT2D eigenvalue weighted by Crippen LogP contribution is -2.33. The molecule has 0 bridgehead atoms. The number of halogens is 1. The van der Waals surface area contributed by atoms with E-state index in [-0.39, 0.29) is 10.7 Å². The number of rotatable bonds is 5. The molecule has 2 amide bonds. The first kappa shape index (κ1) is 18.7. The minimum Gasteiger partial charge on any atom is -0.465 e. The average Bonchev–Trinajstić information content (AvgIpc) is 2.90. The Morgan fingerprint density at radius 2 is 1.85 bits per heavy atom. The van der Waals surface area contributed by atoms with E-state index < -0.39 is 17.8 Å². The van der Waals surface area contributed by atoms with Crippen LogP contribution in [-0.2, 0) is 20.7 Å². The largest absolute Gasteiger partial charge is 0.465 e. The van der Waals surface area contributed by atoms with Crippen molar-refractivity contribution in [1.82, 2.24) is 0 Å². The molecular formula is C20H17ClN2O4. The molecule has 0 saturated heterocycles. The molecule has 6 nitrogen and oxygen atoms in total. The molecule has 0 saturated carbocycles. The van der Waals surface area contributed by atoms with Crippen LogP contribution >= 0.6 is 11.6 Å². The summed E-state index contributed by atoms with van der Waals surface area (Å²) >= 11 is 6.16. The van der Waals surface area contributed by atoms with Gasteiger partial charge in [-0.2, -0.15) is 0 Å². The summed E-state index contributed by atoms with van der Waals surface area (Å²) < 4.78 is 4.69. The van der Waals surface area contributed by atoms with Crippen molar-refractivity contribution in [3.05, 3.63) is 70.4 Å². The van der Waals surface area contributed by atoms with E-state index in [1.165, 1.54) is 13.2 Å². The molecule has 7 heteroatoms. The van der Waals surface area contributed by atoms with Crippen LogP contribution in [0.25, 0.3) is 0 Å². The van der Waals surface area contributed by atoms with Crippen LogP contribution in [0.5, 0.6) is 0 Å². The predicted molar refractivity (Wildman–Crippen MR) is 103 cm³/mol. The molecule has 0 fully saturated rings. The van der Waals surface area contributed by atoms with E-state index in [0.717, 1.165) is 10.5 Å². The van der Waals surface area contributed by atoms with Gasteiger partial charge in [0.1, 0.15) is 10.7 Å². The number of benzene rings is 2. The van der Waals surface area contributed by atoms with Gasteiger partial charge in [-0.05, 0) is 36.2 Å². The Bertz CT molecular complexity index is 968. The van der Waals surface area contributed by atoms with Gasteiger partial charge in [-0.1, -0.05) is 42.8 Å². The van der Waals surface area contributed by atoms with Crippen molar-refractivity contribution in [2.45, 2.75) is 13.3 Å². The van der Waals surface area contributed by atoms with Gasteiger partial charge < -0.3 is 10.1 Å². The maximum atomic E-state index is 12.9. The number of nitrogens with zero attached hydrogens (tertiary/aromatic N) is 1. The zero-order chi connectivity index (χ0) is 19.6. The van der Waals surface area contributed by atoms with Crippen molar-refractivity contribution < 1.29 is 19.1 Å². The maximum Gasteiger partial charge on any atom is 0.337 e. The lowest BCUT2D eigenvalue weighted by Gasteiger charge is -2.18. The van der Waals surface area contributed by atoms with Gasteiger partial charge in [0, 0.05) is 5.69 Å². The number of methoxy groups -OCH3 is 1. The van der Waals surface area contributed by atoms with E-state index in [1.54, 1.807) is 30.3 Å². The first-order valence-corrected chi connectivity index (χ1v) is 8.67. The van der Waals surface area contributed by atoms with Crippen LogP contribution in [0.15, 0.2) is 59.3 Å². The van der Waals surface area contributed by atoms with Gasteiger partial charge in [-0.3, -0.25) is 9.59 Å². The summed E-state index contributed by atoms with van der Waals surface area (Å²) in [6.07, 6.45) is 0.661. The number of aryl methyl sites for hydroxylation is 1. The van der Waals surface area contributed by atoms with Gasteiger partial charge in [-0.25, -0.2) is 9.69 Å². The standard InChI is InChI=1S/C20H17ClN2O4/c1-3-12-7-4-5-10-15(12)23-18(24)16(21)17(19(23)25)22-14-9-6-8-13(11-14)20(26)27-2/h4-11,22H,3H2,1-2H3. The van der Waals surface area contributed by atoms with Crippen LogP contribution in [0.1, 0.15) is 22.8 Å². The zero-order valence-electron chi connectivity index (χ0n) is 14.8. The van der Waals surface area contributed by atoms with E-state index in [9.17, 15) is 14.4 Å². The van der Waals surface area contributed by atoms with Crippen LogP contribution in [0.4, 0.5) is 11.4 Å². The average molecular weight is 385 g/mol. The summed E-state index contributed by atoms with van der Waals surface area (Å²) in [5.41, 5.74) is 2.09. The topological polar surface area (TPSA) is 75.7 Å². The molecule has 2 aromatic carbocycles. The molecule has 0 aliphatic carbocycles. The van der Waals surface area contributed by atoms with Crippen LogP contribution in [0.2, 0.25) is 0 Å². The molecule has 1 heterocycles. The quantitative estimate of drug-likeness (QED) is 0.631. The van der Waals surface area contributed by atoms with E-state index in [4.69, 9.17) is 11.6 Å². The normalized spacial score (nSPS) is 14.0. The number of carbonyl (C=O) groups excluding carboxylic acids is 3. The summed E-state index contributed by atoms with van der Waals surface area (Å²) in [7, 11) is 1.28. The number of anilines is 2. The number of amides is 2. The molecule has 2 aromatic rings. The smallest absolute Gasteiger partial charge is 0.337 e. The fourth-order valence-electron chi connectivity index (χ4n) is 2.84. The highest BCUT2D eigenvalue weighted by molar-refractivity contribution is 6.53. The lowest BCUT2D eigenvalue weighted by atomic mass is 10.1. The van der Waals surface area contributed by atoms with Gasteiger partial charge in [0.05, 0.1) is 18.4 Å². The number of imide groups is 1. The Kier molecular flexibility index (Phi) is 5.28. The fourth-order valence-corrected chi connectivity index (χ4v) is 3.06. The molecule has 1 aliphatic heterocycles. The Balaban J connectivity index is 1.92. The second kappa shape index (κ2) is 7.63. The van der Waals surface area contributed by atoms with Crippen molar-refractivity contribution in [3.63, 3.8) is 0 Å². The Morgan fingerprint density at radius 1 is 1.11 bits per heavy atom. The van der Waals surface area contributed by atoms with Crippen LogP contribution in [0, 0.1) is 0 Å². The van der Waals surface area contributed by atoms with E-state index >= 15 is 0 Å². The van der Waals surface area contributed by atoms with Gasteiger partial charge in [-0.15, -0.1) is 0 Å². The van der Waals surface area contributed by atoms with Crippen LogP contribution in [0.3, 0.4) is 0 Å². The number of ether oxygens (including phenoxy) is 1. The fraction of sp³-hybridized carbons (Fsp3) is 0.150.